The largest absolute Gasteiger partial charge is 0.340 e. The van der Waals surface area contributed by atoms with Gasteiger partial charge in [0.1, 0.15) is 6.04 Å². The summed E-state index contributed by atoms with van der Waals surface area (Å²) in [6.07, 6.45) is 0. The molecule has 0 aliphatic heterocycles. The molecule has 6 heteroatoms. The molecule has 1 aromatic heterocycles. The van der Waals surface area contributed by atoms with Crippen molar-refractivity contribution in [2.75, 3.05) is 0 Å². The molecule has 25 heavy (non-hydrogen) atoms. The Morgan fingerprint density at radius 2 is 1.76 bits per heavy atom. The van der Waals surface area contributed by atoms with Crippen molar-refractivity contribution in [1.29, 1.82) is 0 Å². The molecule has 0 aliphatic rings. The average molecular weight is 356 g/mol. The summed E-state index contributed by atoms with van der Waals surface area (Å²) in [4.78, 5) is 16.9. The van der Waals surface area contributed by atoms with Crippen LogP contribution < -0.4 is 5.32 Å². The van der Waals surface area contributed by atoms with Gasteiger partial charge in [-0.05, 0) is 30.2 Å². The van der Waals surface area contributed by atoms with Crippen LogP contribution in [-0.2, 0) is 0 Å². The van der Waals surface area contributed by atoms with E-state index in [1.54, 1.807) is 24.3 Å². The van der Waals surface area contributed by atoms with E-state index in [9.17, 15) is 4.79 Å². The van der Waals surface area contributed by atoms with E-state index in [0.29, 0.717) is 22.3 Å². The van der Waals surface area contributed by atoms with Crippen LogP contribution in [0, 0.1) is 5.92 Å². The van der Waals surface area contributed by atoms with Crippen molar-refractivity contribution < 1.29 is 9.32 Å². The summed E-state index contributed by atoms with van der Waals surface area (Å²) in [5.41, 5.74) is 1.39. The number of benzene rings is 2. The van der Waals surface area contributed by atoms with Gasteiger partial charge in [-0.25, -0.2) is 0 Å². The molecule has 0 bridgehead atoms. The van der Waals surface area contributed by atoms with Crippen molar-refractivity contribution in [3.05, 3.63) is 71.1 Å². The summed E-state index contributed by atoms with van der Waals surface area (Å²) in [7, 11) is 0. The third-order valence-electron chi connectivity index (χ3n) is 3.80. The van der Waals surface area contributed by atoms with E-state index in [0.717, 1.165) is 5.56 Å². The molecule has 3 aromatic rings. The molecule has 0 saturated heterocycles. The summed E-state index contributed by atoms with van der Waals surface area (Å²) in [5.74, 6) is 0.758. The number of halogens is 1. The van der Waals surface area contributed by atoms with Crippen molar-refractivity contribution in [2.24, 2.45) is 5.92 Å². The molecule has 5 nitrogen and oxygen atoms in total. The number of nitrogens with zero attached hydrogens (tertiary/aromatic N) is 2. The number of nitrogens with one attached hydrogen (secondary N) is 1. The van der Waals surface area contributed by atoms with Crippen molar-refractivity contribution in [3.8, 4) is 11.4 Å². The smallest absolute Gasteiger partial charge is 0.251 e. The van der Waals surface area contributed by atoms with Gasteiger partial charge >= 0.3 is 0 Å². The Morgan fingerprint density at radius 1 is 1.08 bits per heavy atom. The summed E-state index contributed by atoms with van der Waals surface area (Å²) in [6, 6.07) is 15.9. The highest BCUT2D eigenvalue weighted by Gasteiger charge is 2.25. The highest BCUT2D eigenvalue weighted by atomic mass is 35.5. The lowest BCUT2D eigenvalue weighted by Crippen LogP contribution is -2.32. The van der Waals surface area contributed by atoms with Crippen LogP contribution in [0.25, 0.3) is 11.4 Å². The maximum atomic E-state index is 12.5. The fourth-order valence-corrected chi connectivity index (χ4v) is 2.53. The van der Waals surface area contributed by atoms with E-state index in [2.05, 4.69) is 15.5 Å². The maximum Gasteiger partial charge on any atom is 0.251 e. The van der Waals surface area contributed by atoms with Gasteiger partial charge in [-0.1, -0.05) is 60.9 Å². The van der Waals surface area contributed by atoms with Crippen molar-refractivity contribution in [1.82, 2.24) is 15.5 Å². The van der Waals surface area contributed by atoms with Crippen molar-refractivity contribution in [2.45, 2.75) is 19.9 Å². The Bertz CT molecular complexity index is 845. The highest BCUT2D eigenvalue weighted by Crippen LogP contribution is 2.24. The summed E-state index contributed by atoms with van der Waals surface area (Å²) in [5, 5.41) is 7.57. The first-order valence-corrected chi connectivity index (χ1v) is 8.38. The minimum absolute atomic E-state index is 0.0836. The molecule has 1 amide bonds. The molecule has 0 radical (unpaired) electrons. The second-order valence-corrected chi connectivity index (χ2v) is 6.46. The minimum Gasteiger partial charge on any atom is -0.340 e. The monoisotopic (exact) mass is 355 g/mol. The third kappa shape index (κ3) is 4.06. The average Bonchev–Trinajstić information content (AvgIpc) is 3.10. The standard InChI is InChI=1S/C19H18ClN3O2/c1-12(2)16(21-18(24)14-8-10-15(20)11-9-14)19-22-17(23-25-19)13-6-4-3-5-7-13/h3-12,16H,1-2H3,(H,21,24). The SMILES string of the molecule is CC(C)C(NC(=O)c1ccc(Cl)cc1)c1nc(-c2ccccc2)no1. The van der Waals surface area contributed by atoms with Gasteiger partial charge in [0, 0.05) is 16.1 Å². The van der Waals surface area contributed by atoms with Crippen LogP contribution in [0.2, 0.25) is 5.02 Å². The number of amides is 1. The zero-order chi connectivity index (χ0) is 17.8. The lowest BCUT2D eigenvalue weighted by atomic mass is 10.0. The van der Waals surface area contributed by atoms with Crippen LogP contribution in [0.4, 0.5) is 0 Å². The van der Waals surface area contributed by atoms with E-state index < -0.39 is 0 Å². The summed E-state index contributed by atoms with van der Waals surface area (Å²) < 4.78 is 5.40. The lowest BCUT2D eigenvalue weighted by Gasteiger charge is -2.18. The van der Waals surface area contributed by atoms with Crippen LogP contribution in [0.1, 0.15) is 36.1 Å². The molecular formula is C19H18ClN3O2. The molecule has 1 unspecified atom stereocenters. The van der Waals surface area contributed by atoms with Gasteiger partial charge in [0.2, 0.25) is 11.7 Å². The number of carbonyl (C=O) groups is 1. The number of rotatable bonds is 5. The topological polar surface area (TPSA) is 68.0 Å². The van der Waals surface area contributed by atoms with Crippen LogP contribution >= 0.6 is 11.6 Å². The molecule has 1 heterocycles. The van der Waals surface area contributed by atoms with Gasteiger partial charge in [-0.15, -0.1) is 0 Å². The zero-order valence-electron chi connectivity index (χ0n) is 13.9. The van der Waals surface area contributed by atoms with Crippen molar-refractivity contribution in [3.63, 3.8) is 0 Å². The van der Waals surface area contributed by atoms with Gasteiger partial charge in [-0.3, -0.25) is 4.79 Å². The van der Waals surface area contributed by atoms with Gasteiger partial charge in [-0.2, -0.15) is 4.98 Å². The molecule has 2 aromatic carbocycles. The maximum absolute atomic E-state index is 12.5. The van der Waals surface area contributed by atoms with Crippen LogP contribution in [-0.4, -0.2) is 16.0 Å². The Labute approximate surface area is 151 Å². The van der Waals surface area contributed by atoms with E-state index >= 15 is 0 Å². The molecule has 0 aliphatic carbocycles. The van der Waals surface area contributed by atoms with Gasteiger partial charge < -0.3 is 9.84 Å². The number of carbonyl (C=O) groups excluding carboxylic acids is 1. The van der Waals surface area contributed by atoms with Crippen LogP contribution in [0.15, 0.2) is 59.1 Å². The molecule has 128 valence electrons. The fraction of sp³-hybridized carbons (Fsp3) is 0.211. The Kier molecular flexibility index (Phi) is 5.14. The predicted octanol–water partition coefficient (Wildman–Crippen LogP) is 4.52. The molecular weight excluding hydrogens is 338 g/mol. The Morgan fingerprint density at radius 3 is 2.40 bits per heavy atom. The van der Waals surface area contributed by atoms with Crippen molar-refractivity contribution >= 4 is 17.5 Å². The van der Waals surface area contributed by atoms with E-state index in [4.69, 9.17) is 16.1 Å². The Hall–Kier alpha value is -2.66. The molecule has 3 rings (SSSR count). The second-order valence-electron chi connectivity index (χ2n) is 6.02. The number of aromatic nitrogens is 2. The first-order valence-electron chi connectivity index (χ1n) is 8.00. The zero-order valence-corrected chi connectivity index (χ0v) is 14.7. The van der Waals surface area contributed by atoms with Gasteiger partial charge in [0.05, 0.1) is 0 Å². The van der Waals surface area contributed by atoms with E-state index in [1.165, 1.54) is 0 Å². The molecule has 0 spiro atoms. The first kappa shape index (κ1) is 17.2. The first-order chi connectivity index (χ1) is 12.0. The Balaban J connectivity index is 1.81. The van der Waals surface area contributed by atoms with E-state index in [-0.39, 0.29) is 17.9 Å². The number of hydrogen-bond donors (Lipinski definition) is 1. The summed E-state index contributed by atoms with van der Waals surface area (Å²) >= 11 is 5.86. The lowest BCUT2D eigenvalue weighted by molar-refractivity contribution is 0.0914. The molecule has 1 N–H and O–H groups in total. The molecule has 0 fully saturated rings. The predicted molar refractivity (Wildman–Crippen MR) is 96.2 cm³/mol. The third-order valence-corrected chi connectivity index (χ3v) is 4.05. The molecule has 1 atom stereocenters. The highest BCUT2D eigenvalue weighted by molar-refractivity contribution is 6.30. The fourth-order valence-electron chi connectivity index (χ4n) is 2.41. The van der Waals surface area contributed by atoms with Crippen LogP contribution in [0.3, 0.4) is 0 Å². The van der Waals surface area contributed by atoms with Gasteiger partial charge in [0.25, 0.3) is 5.91 Å². The number of hydrogen-bond acceptors (Lipinski definition) is 4. The normalized spacial score (nSPS) is 12.2. The van der Waals surface area contributed by atoms with E-state index in [1.807, 2.05) is 44.2 Å². The molecule has 0 saturated carbocycles. The van der Waals surface area contributed by atoms with Gasteiger partial charge in [0.15, 0.2) is 0 Å². The minimum atomic E-state index is -0.381. The van der Waals surface area contributed by atoms with Crippen LogP contribution in [0.5, 0.6) is 0 Å². The second kappa shape index (κ2) is 7.49. The quantitative estimate of drug-likeness (QED) is 0.730. The summed E-state index contributed by atoms with van der Waals surface area (Å²) in [6.45, 7) is 3.97.